The zero-order chi connectivity index (χ0) is 12.8. The van der Waals surface area contributed by atoms with Crippen LogP contribution in [-0.2, 0) is 0 Å². The number of amides is 2. The highest BCUT2D eigenvalue weighted by Crippen LogP contribution is 2.45. The lowest BCUT2D eigenvalue weighted by Crippen LogP contribution is -2.60. The Balaban J connectivity index is 1.92. The molecule has 0 aromatic rings. The van der Waals surface area contributed by atoms with Crippen LogP contribution >= 0.6 is 0 Å². The Bertz CT molecular complexity index is 389. The smallest absolute Gasteiger partial charge is 0.346 e. The fraction of sp³-hybridized carbons (Fsp3) is 0.857. The molecular weight excluding hydrogens is 226 g/mol. The minimum absolute atomic E-state index is 0.0836. The summed E-state index contributed by atoms with van der Waals surface area (Å²) in [4.78, 5) is 18.3. The van der Waals surface area contributed by atoms with Crippen molar-refractivity contribution in [2.45, 2.75) is 57.4 Å². The van der Waals surface area contributed by atoms with E-state index in [4.69, 9.17) is 5.73 Å². The van der Waals surface area contributed by atoms with Crippen LogP contribution in [0.2, 0.25) is 0 Å². The average Bonchev–Trinajstić information content (AvgIpc) is 3.15. The molecule has 2 aliphatic carbocycles. The molecule has 2 N–H and O–H groups in total. The summed E-state index contributed by atoms with van der Waals surface area (Å²) in [7, 11) is 0. The van der Waals surface area contributed by atoms with Crippen LogP contribution in [0.25, 0.3) is 0 Å². The molecule has 2 atom stereocenters. The minimum atomic E-state index is -0.229. The van der Waals surface area contributed by atoms with E-state index in [9.17, 15) is 4.79 Å². The van der Waals surface area contributed by atoms with Crippen molar-refractivity contribution >= 4 is 11.9 Å². The van der Waals surface area contributed by atoms with Crippen molar-refractivity contribution in [3.05, 3.63) is 0 Å². The van der Waals surface area contributed by atoms with Crippen molar-refractivity contribution in [1.82, 2.24) is 4.90 Å². The predicted molar refractivity (Wildman–Crippen MR) is 71.4 cm³/mol. The zero-order valence-corrected chi connectivity index (χ0v) is 11.2. The van der Waals surface area contributed by atoms with E-state index in [1.165, 1.54) is 32.1 Å². The van der Waals surface area contributed by atoms with Crippen molar-refractivity contribution in [3.63, 3.8) is 0 Å². The second kappa shape index (κ2) is 4.25. The Labute approximate surface area is 109 Å². The second-order valence-corrected chi connectivity index (χ2v) is 6.11. The van der Waals surface area contributed by atoms with Gasteiger partial charge in [0.05, 0.1) is 0 Å². The van der Waals surface area contributed by atoms with Gasteiger partial charge in [0.25, 0.3) is 0 Å². The van der Waals surface area contributed by atoms with Crippen LogP contribution in [0.5, 0.6) is 0 Å². The van der Waals surface area contributed by atoms with E-state index in [0.717, 1.165) is 19.4 Å². The maximum absolute atomic E-state index is 12.1. The molecule has 100 valence electrons. The molecule has 3 aliphatic rings. The highest BCUT2D eigenvalue weighted by molar-refractivity contribution is 6.06. The van der Waals surface area contributed by atoms with Gasteiger partial charge in [-0.2, -0.15) is 4.99 Å². The summed E-state index contributed by atoms with van der Waals surface area (Å²) in [6.07, 6.45) is 8.23. The molecule has 2 saturated carbocycles. The fourth-order valence-corrected chi connectivity index (χ4v) is 3.83. The van der Waals surface area contributed by atoms with Crippen LogP contribution in [0.15, 0.2) is 4.99 Å². The van der Waals surface area contributed by atoms with E-state index in [1.54, 1.807) is 0 Å². The summed E-state index contributed by atoms with van der Waals surface area (Å²) in [5.41, 5.74) is 5.95. The van der Waals surface area contributed by atoms with Gasteiger partial charge < -0.3 is 10.6 Å². The lowest BCUT2D eigenvalue weighted by Gasteiger charge is -2.46. The lowest BCUT2D eigenvalue weighted by molar-refractivity contribution is 0.0882. The van der Waals surface area contributed by atoms with Crippen molar-refractivity contribution in [2.24, 2.45) is 22.6 Å². The number of hydrogen-bond acceptors (Lipinski definition) is 2. The fourth-order valence-electron chi connectivity index (χ4n) is 3.83. The molecule has 4 heteroatoms. The van der Waals surface area contributed by atoms with Gasteiger partial charge in [-0.05, 0) is 37.5 Å². The molecule has 4 nitrogen and oxygen atoms in total. The molecule has 2 unspecified atom stereocenters. The van der Waals surface area contributed by atoms with Gasteiger partial charge in [0.1, 0.15) is 11.4 Å². The largest absolute Gasteiger partial charge is 0.385 e. The monoisotopic (exact) mass is 249 g/mol. The summed E-state index contributed by atoms with van der Waals surface area (Å²) in [6, 6.07) is -0.0836. The molecule has 3 rings (SSSR count). The number of hydrogen-bond donors (Lipinski definition) is 1. The first kappa shape index (κ1) is 12.0. The average molecular weight is 249 g/mol. The number of aliphatic imine (C=N–C) groups is 1. The van der Waals surface area contributed by atoms with Gasteiger partial charge in [0.15, 0.2) is 0 Å². The lowest BCUT2D eigenvalue weighted by atomic mass is 9.70. The molecule has 2 fully saturated rings. The third-order valence-corrected chi connectivity index (χ3v) is 5.04. The van der Waals surface area contributed by atoms with Gasteiger partial charge in [0.2, 0.25) is 0 Å². The number of rotatable bonds is 3. The first-order chi connectivity index (χ1) is 8.68. The Morgan fingerprint density at radius 3 is 2.83 bits per heavy atom. The van der Waals surface area contributed by atoms with Crippen LogP contribution in [0.1, 0.15) is 51.9 Å². The Hall–Kier alpha value is -1.06. The molecule has 1 heterocycles. The molecular formula is C14H23N3O. The Morgan fingerprint density at radius 1 is 1.39 bits per heavy atom. The van der Waals surface area contributed by atoms with Crippen molar-refractivity contribution < 1.29 is 4.79 Å². The SMILES string of the molecule is CCC1CCCCC12C(N)=NC(=O)N2CC1CC1. The number of nitrogens with zero attached hydrogens (tertiary/aromatic N) is 2. The first-order valence-electron chi connectivity index (χ1n) is 7.34. The highest BCUT2D eigenvalue weighted by atomic mass is 16.2. The highest BCUT2D eigenvalue weighted by Gasteiger charge is 2.54. The van der Waals surface area contributed by atoms with Crippen molar-refractivity contribution in [3.8, 4) is 0 Å². The van der Waals surface area contributed by atoms with E-state index in [1.807, 2.05) is 4.90 Å². The van der Waals surface area contributed by atoms with Gasteiger partial charge in [0, 0.05) is 6.54 Å². The third kappa shape index (κ3) is 1.65. The maximum atomic E-state index is 12.1. The predicted octanol–water partition coefficient (Wildman–Crippen LogP) is 2.53. The van der Waals surface area contributed by atoms with E-state index in [-0.39, 0.29) is 11.6 Å². The Kier molecular flexibility index (Phi) is 2.83. The van der Waals surface area contributed by atoms with Crippen LogP contribution in [0.3, 0.4) is 0 Å². The minimum Gasteiger partial charge on any atom is -0.385 e. The van der Waals surface area contributed by atoms with Crippen molar-refractivity contribution in [2.75, 3.05) is 6.54 Å². The summed E-state index contributed by atoms with van der Waals surface area (Å²) in [5.74, 6) is 1.80. The number of nitrogens with two attached hydrogens (primary N) is 1. The van der Waals surface area contributed by atoms with E-state index < -0.39 is 0 Å². The topological polar surface area (TPSA) is 58.7 Å². The van der Waals surface area contributed by atoms with Gasteiger partial charge in [-0.15, -0.1) is 0 Å². The van der Waals surface area contributed by atoms with Crippen LogP contribution in [0, 0.1) is 11.8 Å². The third-order valence-electron chi connectivity index (χ3n) is 5.04. The standard InChI is InChI=1S/C14H23N3O/c1-2-11-5-3-4-8-14(11)12(15)16-13(18)17(14)9-10-6-7-10/h10-11H,2-9H2,1H3,(H2,15,16,18). The number of carbonyl (C=O) groups is 1. The molecule has 0 bridgehead atoms. The van der Waals surface area contributed by atoms with E-state index in [0.29, 0.717) is 17.7 Å². The van der Waals surface area contributed by atoms with Crippen molar-refractivity contribution in [1.29, 1.82) is 0 Å². The number of carbonyl (C=O) groups excluding carboxylic acids is 1. The van der Waals surface area contributed by atoms with Gasteiger partial charge in [-0.25, -0.2) is 4.79 Å². The molecule has 1 aliphatic heterocycles. The maximum Gasteiger partial charge on any atom is 0.346 e. The molecule has 0 saturated heterocycles. The molecule has 18 heavy (non-hydrogen) atoms. The van der Waals surface area contributed by atoms with E-state index in [2.05, 4.69) is 11.9 Å². The second-order valence-electron chi connectivity index (χ2n) is 6.11. The summed E-state index contributed by atoms with van der Waals surface area (Å²) in [6.45, 7) is 3.09. The van der Waals surface area contributed by atoms with Gasteiger partial charge >= 0.3 is 6.03 Å². The summed E-state index contributed by atoms with van der Waals surface area (Å²) in [5, 5.41) is 0. The van der Waals surface area contributed by atoms with Gasteiger partial charge in [-0.3, -0.25) is 0 Å². The Morgan fingerprint density at radius 2 is 2.17 bits per heavy atom. The molecule has 1 spiro atoms. The molecule has 0 aromatic carbocycles. The van der Waals surface area contributed by atoms with Crippen LogP contribution < -0.4 is 5.73 Å². The number of amidine groups is 1. The zero-order valence-electron chi connectivity index (χ0n) is 11.2. The molecule has 2 amide bonds. The molecule has 0 aromatic heterocycles. The normalized spacial score (nSPS) is 36.3. The first-order valence-corrected chi connectivity index (χ1v) is 7.34. The summed E-state index contributed by atoms with van der Waals surface area (Å²) >= 11 is 0. The molecule has 0 radical (unpaired) electrons. The quantitative estimate of drug-likeness (QED) is 0.835. The van der Waals surface area contributed by atoms with Gasteiger partial charge in [-0.1, -0.05) is 26.2 Å². The summed E-state index contributed by atoms with van der Waals surface area (Å²) < 4.78 is 0. The van der Waals surface area contributed by atoms with E-state index >= 15 is 0 Å². The number of urea groups is 1. The van der Waals surface area contributed by atoms with Crippen LogP contribution in [-0.4, -0.2) is 28.9 Å². The van der Waals surface area contributed by atoms with Crippen LogP contribution in [0.4, 0.5) is 4.79 Å².